The topological polar surface area (TPSA) is 160 Å². The van der Waals surface area contributed by atoms with Gasteiger partial charge in [0.15, 0.2) is 5.65 Å². The largest absolute Gasteiger partial charge is 0.388 e. The number of likely N-dealkylation sites (tertiary alicyclic amines) is 1. The summed E-state index contributed by atoms with van der Waals surface area (Å²) in [5, 5.41) is 23.8. The maximum Gasteiger partial charge on any atom is 0.255 e. The molecule has 1 aliphatic heterocycles. The molecule has 0 aliphatic carbocycles. The number of aromatic nitrogens is 3. The predicted molar refractivity (Wildman–Crippen MR) is 130 cm³/mol. The number of benzene rings is 1. The maximum absolute atomic E-state index is 13.1. The summed E-state index contributed by atoms with van der Waals surface area (Å²) < 4.78 is 5.13. The molecule has 180 valence electrons. The number of anilines is 1. The minimum Gasteiger partial charge on any atom is -0.388 e. The third-order valence-corrected chi connectivity index (χ3v) is 5.95. The van der Waals surface area contributed by atoms with E-state index in [0.717, 1.165) is 0 Å². The summed E-state index contributed by atoms with van der Waals surface area (Å²) >= 11 is 6.06. The fraction of sp³-hybridized carbons (Fsp3) is 0.304. The SMILES string of the molecule is CNc1cc(Cl)ccc1C(=N)c1cnc2[nH]cc(C(=O)N[C@H](COC)C(=O)N3CC(C#N)C3)c2n1. The van der Waals surface area contributed by atoms with Gasteiger partial charge in [0.2, 0.25) is 5.91 Å². The average molecular weight is 495 g/mol. The molecule has 4 rings (SSSR count). The number of nitrogens with one attached hydrogen (secondary N) is 4. The van der Waals surface area contributed by atoms with Crippen LogP contribution in [0.3, 0.4) is 0 Å². The lowest BCUT2D eigenvalue weighted by molar-refractivity contribution is -0.139. The van der Waals surface area contributed by atoms with Gasteiger partial charge in [-0.25, -0.2) is 9.97 Å². The molecule has 3 aromatic rings. The molecule has 1 fully saturated rings. The first-order chi connectivity index (χ1) is 16.9. The van der Waals surface area contributed by atoms with Gasteiger partial charge in [-0.1, -0.05) is 11.6 Å². The molecule has 1 aromatic carbocycles. The van der Waals surface area contributed by atoms with E-state index in [0.29, 0.717) is 35.0 Å². The minimum atomic E-state index is -0.918. The molecular formula is C23H23ClN8O3. The lowest BCUT2D eigenvalue weighted by atomic mass is 10.0. The standard InChI is InChI=1S/C23H23ClN8O3/c1-27-16-5-13(24)3-4-14(16)19(26)17-8-29-21-20(30-17)15(7-28-21)22(33)31-18(11-35-2)23(34)32-9-12(6-25)10-32/h3-5,7-8,12,18,26-27H,9-11H2,1-2H3,(H,28,29)(H,31,33)/t18-/m1/s1. The molecule has 0 bridgehead atoms. The number of hydrogen-bond acceptors (Lipinski definition) is 8. The van der Waals surface area contributed by atoms with E-state index in [4.69, 9.17) is 27.0 Å². The number of halogens is 1. The lowest BCUT2D eigenvalue weighted by Crippen LogP contribution is -2.57. The van der Waals surface area contributed by atoms with Crippen molar-refractivity contribution < 1.29 is 14.3 Å². The zero-order valence-corrected chi connectivity index (χ0v) is 19.8. The molecule has 4 N–H and O–H groups in total. The van der Waals surface area contributed by atoms with Gasteiger partial charge in [-0.3, -0.25) is 15.0 Å². The highest BCUT2D eigenvalue weighted by Crippen LogP contribution is 2.24. The Morgan fingerprint density at radius 1 is 1.40 bits per heavy atom. The van der Waals surface area contributed by atoms with E-state index in [2.05, 4.69) is 31.7 Å². The van der Waals surface area contributed by atoms with Crippen LogP contribution < -0.4 is 10.6 Å². The first-order valence-corrected chi connectivity index (χ1v) is 11.1. The Hall–Kier alpha value is -4.01. The van der Waals surface area contributed by atoms with Crippen LogP contribution in [0.5, 0.6) is 0 Å². The van der Waals surface area contributed by atoms with Crippen molar-refractivity contribution in [1.29, 1.82) is 10.7 Å². The zero-order valence-electron chi connectivity index (χ0n) is 19.1. The Morgan fingerprint density at radius 3 is 2.86 bits per heavy atom. The number of fused-ring (bicyclic) bond motifs is 1. The number of ether oxygens (including phenoxy) is 1. The number of nitriles is 1. The Bertz CT molecular complexity index is 1340. The van der Waals surface area contributed by atoms with Crippen molar-refractivity contribution >= 4 is 46.0 Å². The van der Waals surface area contributed by atoms with Crippen molar-refractivity contribution in [2.24, 2.45) is 5.92 Å². The number of aromatic amines is 1. The minimum absolute atomic E-state index is 0.0222. The van der Waals surface area contributed by atoms with Crippen LogP contribution in [0.15, 0.2) is 30.6 Å². The van der Waals surface area contributed by atoms with Crippen LogP contribution in [0.2, 0.25) is 5.02 Å². The van der Waals surface area contributed by atoms with Gasteiger partial charge in [0.05, 0.1) is 36.1 Å². The maximum atomic E-state index is 13.1. The van der Waals surface area contributed by atoms with Gasteiger partial charge in [-0.2, -0.15) is 5.26 Å². The van der Waals surface area contributed by atoms with E-state index in [1.54, 1.807) is 25.2 Å². The van der Waals surface area contributed by atoms with Crippen LogP contribution >= 0.6 is 11.6 Å². The summed E-state index contributed by atoms with van der Waals surface area (Å²) in [6.45, 7) is 0.634. The molecule has 1 atom stereocenters. The number of carbonyl (C=O) groups is 2. The van der Waals surface area contributed by atoms with Gasteiger partial charge in [-0.15, -0.1) is 0 Å². The molecular weight excluding hydrogens is 472 g/mol. The summed E-state index contributed by atoms with van der Waals surface area (Å²) in [5.41, 5.74) is 2.40. The van der Waals surface area contributed by atoms with E-state index < -0.39 is 11.9 Å². The van der Waals surface area contributed by atoms with Gasteiger partial charge in [0.1, 0.15) is 17.3 Å². The van der Waals surface area contributed by atoms with Crippen LogP contribution in [-0.2, 0) is 9.53 Å². The van der Waals surface area contributed by atoms with E-state index in [1.807, 2.05) is 0 Å². The number of rotatable bonds is 8. The number of H-pyrrole nitrogens is 1. The van der Waals surface area contributed by atoms with Crippen molar-refractivity contribution in [1.82, 2.24) is 25.2 Å². The Labute approximate surface area is 206 Å². The van der Waals surface area contributed by atoms with Crippen molar-refractivity contribution in [3.05, 3.63) is 52.4 Å². The molecule has 0 radical (unpaired) electrons. The molecule has 0 unspecified atom stereocenters. The fourth-order valence-electron chi connectivity index (χ4n) is 3.80. The third kappa shape index (κ3) is 4.80. The number of amides is 2. The molecule has 1 aliphatic rings. The van der Waals surface area contributed by atoms with Gasteiger partial charge in [-0.05, 0) is 18.2 Å². The average Bonchev–Trinajstić information content (AvgIpc) is 3.26. The number of methoxy groups -OCH3 is 1. The molecule has 1 saturated heterocycles. The van der Waals surface area contributed by atoms with Crippen LogP contribution in [0.4, 0.5) is 5.69 Å². The second-order valence-electron chi connectivity index (χ2n) is 8.02. The summed E-state index contributed by atoms with van der Waals surface area (Å²) in [5.74, 6) is -1.05. The molecule has 12 heteroatoms. The van der Waals surface area contributed by atoms with Crippen LogP contribution in [0.25, 0.3) is 11.2 Å². The first kappa shape index (κ1) is 24.1. The van der Waals surface area contributed by atoms with Crippen LogP contribution in [0.1, 0.15) is 21.6 Å². The van der Waals surface area contributed by atoms with E-state index in [9.17, 15) is 9.59 Å². The Kier molecular flexibility index (Phi) is 6.95. The van der Waals surface area contributed by atoms with Crippen molar-refractivity contribution in [3.8, 4) is 6.07 Å². The molecule has 2 amide bonds. The van der Waals surface area contributed by atoms with Crippen LogP contribution in [-0.4, -0.2) is 77.3 Å². The third-order valence-electron chi connectivity index (χ3n) is 5.71. The zero-order chi connectivity index (χ0) is 25.1. The van der Waals surface area contributed by atoms with E-state index in [-0.39, 0.29) is 40.9 Å². The predicted octanol–water partition coefficient (Wildman–Crippen LogP) is 1.80. The molecule has 11 nitrogen and oxygen atoms in total. The quantitative estimate of drug-likeness (QED) is 0.347. The van der Waals surface area contributed by atoms with Gasteiger partial charge in [0, 0.05) is 49.7 Å². The van der Waals surface area contributed by atoms with Crippen molar-refractivity contribution in [2.75, 3.05) is 39.2 Å². The normalized spacial score (nSPS) is 14.2. The fourth-order valence-corrected chi connectivity index (χ4v) is 3.97. The molecule has 2 aromatic heterocycles. The highest BCUT2D eigenvalue weighted by molar-refractivity contribution is 6.31. The second-order valence-corrected chi connectivity index (χ2v) is 8.46. The van der Waals surface area contributed by atoms with Gasteiger partial charge < -0.3 is 25.3 Å². The first-order valence-electron chi connectivity index (χ1n) is 10.7. The summed E-state index contributed by atoms with van der Waals surface area (Å²) in [6, 6.07) is 6.29. The van der Waals surface area contributed by atoms with E-state index in [1.165, 1.54) is 24.4 Å². The molecule has 35 heavy (non-hydrogen) atoms. The molecule has 0 saturated carbocycles. The smallest absolute Gasteiger partial charge is 0.255 e. The van der Waals surface area contributed by atoms with Crippen molar-refractivity contribution in [2.45, 2.75) is 6.04 Å². The highest BCUT2D eigenvalue weighted by atomic mass is 35.5. The van der Waals surface area contributed by atoms with Crippen molar-refractivity contribution in [3.63, 3.8) is 0 Å². The molecule has 0 spiro atoms. The summed E-state index contributed by atoms with van der Waals surface area (Å²) in [6.07, 6.45) is 2.90. The number of hydrogen-bond donors (Lipinski definition) is 4. The highest BCUT2D eigenvalue weighted by Gasteiger charge is 2.35. The Morgan fingerprint density at radius 2 is 2.17 bits per heavy atom. The molecule has 3 heterocycles. The van der Waals surface area contributed by atoms with E-state index >= 15 is 0 Å². The summed E-state index contributed by atoms with van der Waals surface area (Å²) in [4.78, 5) is 39.1. The van der Waals surface area contributed by atoms with Gasteiger partial charge in [0.25, 0.3) is 5.91 Å². The number of carbonyl (C=O) groups excluding carboxylic acids is 2. The van der Waals surface area contributed by atoms with Crippen LogP contribution in [0, 0.1) is 22.7 Å². The number of nitrogens with zero attached hydrogens (tertiary/aromatic N) is 4. The monoisotopic (exact) mass is 494 g/mol. The lowest BCUT2D eigenvalue weighted by Gasteiger charge is -2.37. The van der Waals surface area contributed by atoms with Gasteiger partial charge >= 0.3 is 0 Å². The second kappa shape index (κ2) is 10.1. The Balaban J connectivity index is 1.58. The summed E-state index contributed by atoms with van der Waals surface area (Å²) in [7, 11) is 3.16.